The third-order valence-corrected chi connectivity index (χ3v) is 8.76. The van der Waals surface area contributed by atoms with Gasteiger partial charge in [-0.25, -0.2) is 9.35 Å². The van der Waals surface area contributed by atoms with Gasteiger partial charge in [0.2, 0.25) is 10.3 Å². The molecule has 6 rings (SSSR count). The molecule has 0 unspecified atom stereocenters. The van der Waals surface area contributed by atoms with Crippen molar-refractivity contribution in [2.45, 2.75) is 23.4 Å². The minimum atomic E-state index is -1.17. The van der Waals surface area contributed by atoms with Crippen LogP contribution in [0.5, 0.6) is 0 Å². The number of nitrogens with one attached hydrogen (secondary N) is 2. The van der Waals surface area contributed by atoms with Gasteiger partial charge in [-0.1, -0.05) is 71.0 Å². The standard InChI is InChI=1S/2C16H14ClN5O2S.Zn/c2*17-13-5-3-11(4-6-13)8-19-22-15(12-2-1-7-18-9-12)20-21-16(22)25-10-14(23)24;/h2*1-7,9,19H,8,10H2,(H,23,24);/q;;+2/p-2. The molecule has 2 N–H and O–H groups in total. The Morgan fingerprint density at radius 3 is 1.35 bits per heavy atom. The van der Waals surface area contributed by atoms with Gasteiger partial charge in [0.1, 0.15) is 0 Å². The molecule has 4 heterocycles. The van der Waals surface area contributed by atoms with E-state index >= 15 is 0 Å². The second-order valence-electron chi connectivity index (χ2n) is 10.0. The fourth-order valence-electron chi connectivity index (χ4n) is 4.17. The Labute approximate surface area is 323 Å². The van der Waals surface area contributed by atoms with E-state index in [0.717, 1.165) is 45.8 Å². The number of aromatic nitrogens is 8. The summed E-state index contributed by atoms with van der Waals surface area (Å²) >= 11 is 13.9. The van der Waals surface area contributed by atoms with Crippen LogP contribution in [0.25, 0.3) is 22.8 Å². The number of hydrogen-bond donors (Lipinski definition) is 2. The van der Waals surface area contributed by atoms with Gasteiger partial charge < -0.3 is 30.7 Å². The molecule has 0 saturated heterocycles. The molecule has 0 fully saturated rings. The Morgan fingerprint density at radius 1 is 0.627 bits per heavy atom. The normalized spacial score (nSPS) is 10.4. The van der Waals surface area contributed by atoms with Crippen LogP contribution < -0.4 is 21.1 Å². The first-order valence-corrected chi connectivity index (χ1v) is 17.3. The number of rotatable bonds is 14. The summed E-state index contributed by atoms with van der Waals surface area (Å²) in [5.74, 6) is -1.67. The molecule has 4 aromatic heterocycles. The van der Waals surface area contributed by atoms with Crippen LogP contribution in [0.15, 0.2) is 108 Å². The van der Waals surface area contributed by atoms with E-state index in [0.29, 0.717) is 45.1 Å². The number of nitrogens with zero attached hydrogens (tertiary/aromatic N) is 8. The molecule has 14 nitrogen and oxygen atoms in total. The third kappa shape index (κ3) is 11.8. The summed E-state index contributed by atoms with van der Waals surface area (Å²) in [5, 5.41) is 40.1. The minimum Gasteiger partial charge on any atom is -0.549 e. The second-order valence-corrected chi connectivity index (χ2v) is 12.8. The van der Waals surface area contributed by atoms with Crippen molar-refractivity contribution in [3.05, 3.63) is 119 Å². The molecule has 0 saturated carbocycles. The van der Waals surface area contributed by atoms with Crippen molar-refractivity contribution in [2.75, 3.05) is 22.4 Å². The zero-order valence-electron chi connectivity index (χ0n) is 26.6. The summed E-state index contributed by atoms with van der Waals surface area (Å²) in [5.41, 5.74) is 9.95. The average molecular weight is 815 g/mol. The number of benzene rings is 2. The number of aliphatic carboxylic acids is 2. The first-order valence-electron chi connectivity index (χ1n) is 14.6. The number of pyridine rings is 2. The predicted octanol–water partition coefficient (Wildman–Crippen LogP) is 3.16. The Balaban J connectivity index is 0.000000224. The van der Waals surface area contributed by atoms with Gasteiger partial charge in [0, 0.05) is 57.5 Å². The van der Waals surface area contributed by atoms with Gasteiger partial charge in [0.05, 0.1) is 25.0 Å². The van der Waals surface area contributed by atoms with Gasteiger partial charge in [0.15, 0.2) is 11.6 Å². The monoisotopic (exact) mass is 812 g/mol. The third-order valence-electron chi connectivity index (χ3n) is 6.45. The molecular formula is C32H26Cl2N10O4S2Zn. The molecule has 2 aromatic carbocycles. The van der Waals surface area contributed by atoms with E-state index in [1.165, 1.54) is 0 Å². The van der Waals surface area contributed by atoms with Gasteiger partial charge in [-0.2, -0.15) is 0 Å². The van der Waals surface area contributed by atoms with Crippen LogP contribution in [0.1, 0.15) is 11.1 Å². The van der Waals surface area contributed by atoms with Crippen LogP contribution in [0.4, 0.5) is 0 Å². The Bertz CT molecular complexity index is 1860. The zero-order valence-corrected chi connectivity index (χ0v) is 32.7. The Hall–Kier alpha value is -4.54. The molecule has 256 valence electrons. The van der Waals surface area contributed by atoms with Gasteiger partial charge in [0.25, 0.3) is 0 Å². The molecular weight excluding hydrogens is 789 g/mol. The average Bonchev–Trinajstić information content (AvgIpc) is 3.74. The van der Waals surface area contributed by atoms with E-state index in [2.05, 4.69) is 41.2 Å². The molecule has 0 bridgehead atoms. The number of hydrogen-bond acceptors (Lipinski definition) is 14. The van der Waals surface area contributed by atoms with Gasteiger partial charge in [-0.15, -0.1) is 20.4 Å². The van der Waals surface area contributed by atoms with E-state index in [9.17, 15) is 19.8 Å². The van der Waals surface area contributed by atoms with Crippen LogP contribution in [-0.4, -0.2) is 63.2 Å². The molecule has 0 aliphatic rings. The van der Waals surface area contributed by atoms with Crippen molar-refractivity contribution in [3.63, 3.8) is 0 Å². The number of halogens is 2. The van der Waals surface area contributed by atoms with E-state index in [-0.39, 0.29) is 31.0 Å². The van der Waals surface area contributed by atoms with Crippen molar-refractivity contribution >= 4 is 58.7 Å². The van der Waals surface area contributed by atoms with Crippen molar-refractivity contribution in [1.82, 2.24) is 39.7 Å². The minimum absolute atomic E-state index is 0. The Morgan fingerprint density at radius 2 is 1.02 bits per heavy atom. The smallest absolute Gasteiger partial charge is 0.549 e. The molecule has 0 aliphatic heterocycles. The summed E-state index contributed by atoms with van der Waals surface area (Å²) in [6.07, 6.45) is 6.66. The molecule has 0 aliphatic carbocycles. The van der Waals surface area contributed by atoms with Crippen LogP contribution in [0.2, 0.25) is 10.0 Å². The quantitative estimate of drug-likeness (QED) is 0.120. The number of carbonyl (C=O) groups is 2. The predicted molar refractivity (Wildman–Crippen MR) is 187 cm³/mol. The first kappa shape index (κ1) is 39.3. The molecule has 51 heavy (non-hydrogen) atoms. The summed E-state index contributed by atoms with van der Waals surface area (Å²) in [6, 6.07) is 22.1. The van der Waals surface area contributed by atoms with Crippen molar-refractivity contribution in [2.24, 2.45) is 0 Å². The van der Waals surface area contributed by atoms with Gasteiger partial charge >= 0.3 is 19.5 Å². The summed E-state index contributed by atoms with van der Waals surface area (Å²) < 4.78 is 3.30. The van der Waals surface area contributed by atoms with Crippen molar-refractivity contribution in [3.8, 4) is 22.8 Å². The van der Waals surface area contributed by atoms with Gasteiger partial charge in [-0.3, -0.25) is 9.97 Å². The SMILES string of the molecule is O=C([O-])CSc1nnc(-c2cccnc2)n1NCc1ccc(Cl)cc1.O=C([O-])CSc1nnc(-c2cccnc2)n1NCc1ccc(Cl)cc1.[Zn+2]. The molecule has 0 atom stereocenters. The van der Waals surface area contributed by atoms with Crippen LogP contribution in [0.3, 0.4) is 0 Å². The maximum Gasteiger partial charge on any atom is 2.00 e. The van der Waals surface area contributed by atoms with Crippen LogP contribution in [-0.2, 0) is 42.2 Å². The van der Waals surface area contributed by atoms with Crippen LogP contribution in [0, 0.1) is 0 Å². The van der Waals surface area contributed by atoms with Gasteiger partial charge in [-0.05, 0) is 59.7 Å². The summed E-state index contributed by atoms with van der Waals surface area (Å²) in [4.78, 5) is 29.6. The van der Waals surface area contributed by atoms with Crippen molar-refractivity contribution < 1.29 is 39.3 Å². The molecule has 0 spiro atoms. The number of carbonyl (C=O) groups excluding carboxylic acids is 2. The first-order chi connectivity index (χ1) is 24.3. The summed E-state index contributed by atoms with van der Waals surface area (Å²) in [7, 11) is 0. The molecule has 0 radical (unpaired) electrons. The maximum atomic E-state index is 10.7. The maximum absolute atomic E-state index is 10.7. The fourth-order valence-corrected chi connectivity index (χ4v) is 5.67. The largest absolute Gasteiger partial charge is 2.00 e. The van der Waals surface area contributed by atoms with E-state index in [1.54, 1.807) is 70.5 Å². The Kier molecular flexibility index (Phi) is 15.2. The molecule has 19 heteroatoms. The van der Waals surface area contributed by atoms with E-state index in [4.69, 9.17) is 23.2 Å². The number of carboxylic acid groups (broad SMARTS) is 2. The van der Waals surface area contributed by atoms with E-state index in [1.807, 2.05) is 36.4 Å². The molecule has 6 aromatic rings. The number of carboxylic acids is 2. The van der Waals surface area contributed by atoms with Crippen molar-refractivity contribution in [1.29, 1.82) is 0 Å². The molecule has 0 amide bonds. The number of thioether (sulfide) groups is 2. The van der Waals surface area contributed by atoms with E-state index < -0.39 is 11.9 Å². The zero-order chi connectivity index (χ0) is 35.3. The topological polar surface area (TPSA) is 192 Å². The fraction of sp³-hybridized carbons (Fsp3) is 0.125. The van der Waals surface area contributed by atoms with Crippen LogP contribution >= 0.6 is 46.7 Å². The second kappa shape index (κ2) is 19.7. The summed E-state index contributed by atoms with van der Waals surface area (Å²) in [6.45, 7) is 0.975.